The summed E-state index contributed by atoms with van der Waals surface area (Å²) >= 11 is 12.3. The van der Waals surface area contributed by atoms with E-state index in [0.717, 1.165) is 37.9 Å². The second kappa shape index (κ2) is 12.5. The van der Waals surface area contributed by atoms with Crippen molar-refractivity contribution in [3.05, 3.63) is 51.8 Å². The number of nitrogens with one attached hydrogen (secondary N) is 1. The summed E-state index contributed by atoms with van der Waals surface area (Å²) in [5.74, 6) is -1.62. The lowest BCUT2D eigenvalue weighted by atomic mass is 9.93. The minimum absolute atomic E-state index is 0.152. The van der Waals surface area contributed by atoms with Crippen molar-refractivity contribution >= 4 is 46.5 Å². The molecule has 1 saturated carbocycles. The number of carbonyl (C=O) groups is 2. The molecule has 0 unspecified atom stereocenters. The zero-order chi connectivity index (χ0) is 25.5. The predicted molar refractivity (Wildman–Crippen MR) is 137 cm³/mol. The van der Waals surface area contributed by atoms with Crippen LogP contribution in [0.3, 0.4) is 0 Å². The Balaban J connectivity index is 1.96. The van der Waals surface area contributed by atoms with Crippen LogP contribution in [-0.4, -0.2) is 36.2 Å². The molecule has 1 aliphatic rings. The molecule has 0 radical (unpaired) electrons. The number of nitrogens with zero attached hydrogens (tertiary/aromatic N) is 1. The normalized spacial score (nSPS) is 14.1. The van der Waals surface area contributed by atoms with Crippen LogP contribution in [0.2, 0.25) is 10.0 Å². The molecule has 0 aliphatic heterocycles. The van der Waals surface area contributed by atoms with Crippen molar-refractivity contribution in [1.82, 2.24) is 0 Å². The van der Waals surface area contributed by atoms with Gasteiger partial charge in [0.15, 0.2) is 6.61 Å². The molecule has 1 aliphatic carbocycles. The summed E-state index contributed by atoms with van der Waals surface area (Å²) < 4.78 is 19.6. The van der Waals surface area contributed by atoms with E-state index in [9.17, 15) is 14.0 Å². The van der Waals surface area contributed by atoms with Gasteiger partial charge in [0, 0.05) is 23.7 Å². The summed E-state index contributed by atoms with van der Waals surface area (Å²) in [6.45, 7) is 4.44. The fourth-order valence-corrected chi connectivity index (χ4v) is 4.76. The smallest absolute Gasteiger partial charge is 0.341 e. The van der Waals surface area contributed by atoms with Crippen LogP contribution in [0.4, 0.5) is 15.8 Å². The Kier molecular flexibility index (Phi) is 9.63. The van der Waals surface area contributed by atoms with Crippen LogP contribution in [0, 0.1) is 11.7 Å². The van der Waals surface area contributed by atoms with Crippen LogP contribution >= 0.6 is 23.2 Å². The Morgan fingerprint density at radius 2 is 1.89 bits per heavy atom. The molecule has 1 fully saturated rings. The van der Waals surface area contributed by atoms with Crippen molar-refractivity contribution < 1.29 is 23.8 Å². The highest BCUT2D eigenvalue weighted by molar-refractivity contribution is 6.32. The predicted octanol–water partition coefficient (Wildman–Crippen LogP) is 6.57. The van der Waals surface area contributed by atoms with Crippen LogP contribution in [0.5, 0.6) is 5.75 Å². The number of rotatable bonds is 10. The molecule has 6 nitrogen and oxygen atoms in total. The number of benzene rings is 2. The van der Waals surface area contributed by atoms with Gasteiger partial charge in [-0.15, -0.1) is 0 Å². The number of hydrogen-bond acceptors (Lipinski definition) is 4. The number of anilines is 2. The highest BCUT2D eigenvalue weighted by Gasteiger charge is 2.26. The summed E-state index contributed by atoms with van der Waals surface area (Å²) in [5, 5.41) is 12.4. The molecule has 0 bridgehead atoms. The Labute approximate surface area is 215 Å². The number of carbonyl (C=O) groups excluding carboxylic acids is 1. The molecule has 2 N–H and O–H groups in total. The monoisotopic (exact) mass is 524 g/mol. The van der Waals surface area contributed by atoms with Crippen LogP contribution in [-0.2, 0) is 16.0 Å². The maximum atomic E-state index is 14.3. The molecule has 0 atom stereocenters. The maximum Gasteiger partial charge on any atom is 0.341 e. The fraction of sp³-hybridized carbons (Fsp3) is 0.462. The number of aliphatic carboxylic acids is 1. The van der Waals surface area contributed by atoms with Crippen molar-refractivity contribution in [2.24, 2.45) is 5.92 Å². The van der Waals surface area contributed by atoms with Gasteiger partial charge in [0.25, 0.3) is 0 Å². The van der Waals surface area contributed by atoms with Gasteiger partial charge in [-0.25, -0.2) is 9.18 Å². The van der Waals surface area contributed by atoms with Gasteiger partial charge in [0.2, 0.25) is 5.91 Å². The zero-order valence-electron chi connectivity index (χ0n) is 20.0. The third kappa shape index (κ3) is 7.74. The number of ether oxygens (including phenoxy) is 1. The molecule has 190 valence electrons. The van der Waals surface area contributed by atoms with E-state index in [-0.39, 0.29) is 33.8 Å². The van der Waals surface area contributed by atoms with Crippen LogP contribution in [0.25, 0.3) is 0 Å². The lowest BCUT2D eigenvalue weighted by Crippen LogP contribution is -2.40. The van der Waals surface area contributed by atoms with E-state index in [1.165, 1.54) is 24.6 Å². The van der Waals surface area contributed by atoms with Gasteiger partial charge in [-0.3, -0.25) is 4.79 Å². The number of halogens is 3. The molecule has 1 amide bonds. The van der Waals surface area contributed by atoms with Gasteiger partial charge in [-0.2, -0.15) is 0 Å². The van der Waals surface area contributed by atoms with Crippen molar-refractivity contribution in [3.8, 4) is 5.75 Å². The molecular weight excluding hydrogens is 494 g/mol. The fourth-order valence-electron chi connectivity index (χ4n) is 4.39. The summed E-state index contributed by atoms with van der Waals surface area (Å²) in [6.07, 6.45) is 5.33. The minimum Gasteiger partial charge on any atom is -0.480 e. The van der Waals surface area contributed by atoms with E-state index in [0.29, 0.717) is 11.6 Å². The lowest BCUT2D eigenvalue weighted by molar-refractivity contribution is -0.139. The number of carboxylic acids is 1. The average molecular weight is 525 g/mol. The van der Waals surface area contributed by atoms with Crippen LogP contribution in [0.15, 0.2) is 30.3 Å². The highest BCUT2D eigenvalue weighted by atomic mass is 35.5. The van der Waals surface area contributed by atoms with Gasteiger partial charge in [-0.1, -0.05) is 62.4 Å². The van der Waals surface area contributed by atoms with Crippen molar-refractivity contribution in [2.45, 2.75) is 58.4 Å². The van der Waals surface area contributed by atoms with E-state index in [2.05, 4.69) is 24.1 Å². The van der Waals surface area contributed by atoms with Crippen molar-refractivity contribution in [2.75, 3.05) is 23.4 Å². The third-order valence-corrected chi connectivity index (χ3v) is 6.46. The summed E-state index contributed by atoms with van der Waals surface area (Å²) in [4.78, 5) is 26.2. The molecule has 0 saturated heterocycles. The molecule has 3 rings (SSSR count). The molecule has 0 spiro atoms. The molecule has 0 heterocycles. The topological polar surface area (TPSA) is 78.9 Å². The lowest BCUT2D eigenvalue weighted by Gasteiger charge is -2.38. The molecular formula is C26H31Cl2FN2O4. The largest absolute Gasteiger partial charge is 0.480 e. The third-order valence-electron chi connectivity index (χ3n) is 5.93. The standard InChI is InChI=1S/C26H31Cl2FN2O4/c1-16(2)14-31(19-6-4-3-5-7-19)23-12-20(28)24(35-15-26(33)34)13-22(23)30-25(32)10-17-8-9-18(27)11-21(17)29/h8-9,11-13,16,19H,3-7,10,14-15H2,1-2H3,(H,30,32)(H,33,34). The summed E-state index contributed by atoms with van der Waals surface area (Å²) in [5.41, 5.74) is 1.40. The molecule has 9 heteroatoms. The van der Waals surface area contributed by atoms with E-state index in [1.54, 1.807) is 12.1 Å². The van der Waals surface area contributed by atoms with Crippen molar-refractivity contribution in [3.63, 3.8) is 0 Å². The number of carboxylic acid groups (broad SMARTS) is 1. The van der Waals surface area contributed by atoms with Crippen LogP contribution in [0.1, 0.15) is 51.5 Å². The van der Waals surface area contributed by atoms with E-state index in [1.807, 2.05) is 0 Å². The van der Waals surface area contributed by atoms with Gasteiger partial charge < -0.3 is 20.1 Å². The number of amides is 1. The van der Waals surface area contributed by atoms with E-state index < -0.39 is 24.3 Å². The second-order valence-electron chi connectivity index (χ2n) is 9.28. The first-order chi connectivity index (χ1) is 16.6. The van der Waals surface area contributed by atoms with Gasteiger partial charge in [0.05, 0.1) is 22.8 Å². The maximum absolute atomic E-state index is 14.3. The SMILES string of the molecule is CC(C)CN(c1cc(Cl)c(OCC(=O)O)cc1NC(=O)Cc1ccc(Cl)cc1F)C1CCCCC1. The average Bonchev–Trinajstić information content (AvgIpc) is 2.80. The van der Waals surface area contributed by atoms with Crippen molar-refractivity contribution in [1.29, 1.82) is 0 Å². The molecule has 2 aromatic rings. The van der Waals surface area contributed by atoms with Crippen LogP contribution < -0.4 is 15.0 Å². The zero-order valence-corrected chi connectivity index (χ0v) is 21.5. The Bertz CT molecular complexity index is 1060. The second-order valence-corrected chi connectivity index (χ2v) is 10.1. The first kappa shape index (κ1) is 27.1. The Morgan fingerprint density at radius 3 is 2.51 bits per heavy atom. The molecule has 35 heavy (non-hydrogen) atoms. The van der Waals surface area contributed by atoms with E-state index >= 15 is 0 Å². The first-order valence-corrected chi connectivity index (χ1v) is 12.6. The minimum atomic E-state index is -1.14. The van der Waals surface area contributed by atoms with Gasteiger partial charge in [-0.05, 0) is 42.5 Å². The quantitative estimate of drug-likeness (QED) is 0.367. The van der Waals surface area contributed by atoms with Gasteiger partial charge in [0.1, 0.15) is 11.6 Å². The van der Waals surface area contributed by atoms with Gasteiger partial charge >= 0.3 is 5.97 Å². The molecule has 0 aromatic heterocycles. The molecule has 2 aromatic carbocycles. The highest BCUT2D eigenvalue weighted by Crippen LogP contribution is 2.40. The Hall–Kier alpha value is -2.51. The Morgan fingerprint density at radius 1 is 1.17 bits per heavy atom. The summed E-state index contributed by atoms with van der Waals surface area (Å²) in [7, 11) is 0. The first-order valence-electron chi connectivity index (χ1n) is 11.8. The van der Waals surface area contributed by atoms with E-state index in [4.69, 9.17) is 33.0 Å². The summed E-state index contributed by atoms with van der Waals surface area (Å²) in [6, 6.07) is 7.74. The number of hydrogen-bond donors (Lipinski definition) is 2.